The lowest BCUT2D eigenvalue weighted by Crippen LogP contribution is -2.58. The van der Waals surface area contributed by atoms with Crippen molar-refractivity contribution < 1.29 is 21.2 Å². The van der Waals surface area contributed by atoms with Crippen LogP contribution in [0.3, 0.4) is 0 Å². The van der Waals surface area contributed by atoms with Crippen LogP contribution in [0.25, 0.3) is 0 Å². The standard InChI is InChI=1S/C15H19ClFNO4S2/c16-14-8-12(6-7-15(14)17)24(21,22)18-9-13(10-18)23(19,20)11-4-2-1-3-5-11/h6-8,11,13H,1-5,9-10H2. The molecule has 24 heavy (non-hydrogen) atoms. The van der Waals surface area contributed by atoms with Crippen LogP contribution >= 0.6 is 11.6 Å². The molecule has 0 unspecified atom stereocenters. The average Bonchev–Trinajstić information content (AvgIpc) is 2.48. The molecule has 3 rings (SSSR count). The van der Waals surface area contributed by atoms with Crippen molar-refractivity contribution in [2.75, 3.05) is 13.1 Å². The predicted octanol–water partition coefficient (Wildman–Crippen LogP) is 2.60. The monoisotopic (exact) mass is 395 g/mol. The van der Waals surface area contributed by atoms with E-state index < -0.39 is 30.9 Å². The van der Waals surface area contributed by atoms with E-state index in [0.29, 0.717) is 12.8 Å². The first kappa shape index (κ1) is 18.1. The van der Waals surface area contributed by atoms with Crippen molar-refractivity contribution in [2.24, 2.45) is 0 Å². The van der Waals surface area contributed by atoms with E-state index >= 15 is 0 Å². The SMILES string of the molecule is O=S(=O)(C1CCCCC1)C1CN(S(=O)(=O)c2ccc(F)c(Cl)c2)C1. The first-order chi connectivity index (χ1) is 11.2. The van der Waals surface area contributed by atoms with E-state index in [9.17, 15) is 21.2 Å². The van der Waals surface area contributed by atoms with Crippen LogP contribution in [0.4, 0.5) is 4.39 Å². The molecule has 0 N–H and O–H groups in total. The van der Waals surface area contributed by atoms with Crippen LogP contribution < -0.4 is 0 Å². The summed E-state index contributed by atoms with van der Waals surface area (Å²) in [7, 11) is -7.16. The smallest absolute Gasteiger partial charge is 0.228 e. The molecule has 0 spiro atoms. The Morgan fingerprint density at radius 3 is 2.21 bits per heavy atom. The molecule has 1 saturated heterocycles. The van der Waals surface area contributed by atoms with Crippen molar-refractivity contribution in [1.29, 1.82) is 0 Å². The number of nitrogens with zero attached hydrogens (tertiary/aromatic N) is 1. The van der Waals surface area contributed by atoms with Crippen LogP contribution in [-0.2, 0) is 19.9 Å². The number of hydrogen-bond donors (Lipinski definition) is 0. The molecule has 9 heteroatoms. The Bertz CT molecular complexity index is 829. The van der Waals surface area contributed by atoms with E-state index in [-0.39, 0.29) is 28.3 Å². The van der Waals surface area contributed by atoms with Crippen molar-refractivity contribution in [3.05, 3.63) is 29.0 Å². The van der Waals surface area contributed by atoms with E-state index in [2.05, 4.69) is 0 Å². The second-order valence-electron chi connectivity index (χ2n) is 6.37. The molecule has 1 aliphatic heterocycles. The van der Waals surface area contributed by atoms with Gasteiger partial charge < -0.3 is 0 Å². The molecule has 1 saturated carbocycles. The number of sulfone groups is 1. The summed E-state index contributed by atoms with van der Waals surface area (Å²) in [5, 5.41) is -1.27. The van der Waals surface area contributed by atoms with E-state index in [1.165, 1.54) is 0 Å². The number of rotatable bonds is 4. The van der Waals surface area contributed by atoms with Crippen LogP contribution in [0, 0.1) is 5.82 Å². The molecule has 0 radical (unpaired) electrons. The Hall–Kier alpha value is -0.700. The molecule has 5 nitrogen and oxygen atoms in total. The zero-order valence-electron chi connectivity index (χ0n) is 13.0. The van der Waals surface area contributed by atoms with Gasteiger partial charge in [0.1, 0.15) is 5.82 Å². The van der Waals surface area contributed by atoms with Gasteiger partial charge in [-0.25, -0.2) is 21.2 Å². The van der Waals surface area contributed by atoms with Gasteiger partial charge in [0.25, 0.3) is 0 Å². The number of hydrogen-bond acceptors (Lipinski definition) is 4. The molecule has 1 heterocycles. The Balaban J connectivity index is 1.72. The molecule has 2 aliphatic rings. The second kappa shape index (κ2) is 6.55. The van der Waals surface area contributed by atoms with Gasteiger partial charge in [-0.05, 0) is 31.0 Å². The Labute approximate surface area is 146 Å². The maximum absolute atomic E-state index is 13.2. The van der Waals surface area contributed by atoms with Gasteiger partial charge in [-0.1, -0.05) is 30.9 Å². The maximum Gasteiger partial charge on any atom is 0.243 e. The first-order valence-electron chi connectivity index (χ1n) is 7.91. The van der Waals surface area contributed by atoms with Crippen LogP contribution in [0.2, 0.25) is 5.02 Å². The van der Waals surface area contributed by atoms with E-state index in [1.54, 1.807) is 0 Å². The largest absolute Gasteiger partial charge is 0.243 e. The highest BCUT2D eigenvalue weighted by Gasteiger charge is 2.46. The number of benzene rings is 1. The second-order valence-corrected chi connectivity index (χ2v) is 11.2. The Morgan fingerprint density at radius 2 is 1.62 bits per heavy atom. The van der Waals surface area contributed by atoms with Gasteiger partial charge in [-0.2, -0.15) is 4.31 Å². The summed E-state index contributed by atoms with van der Waals surface area (Å²) in [5.74, 6) is -0.697. The fourth-order valence-electron chi connectivity index (χ4n) is 3.26. The summed E-state index contributed by atoms with van der Waals surface area (Å²) in [6.45, 7) is -0.0909. The third kappa shape index (κ3) is 3.21. The zero-order chi connectivity index (χ0) is 17.5. The lowest BCUT2D eigenvalue weighted by atomic mass is 10.0. The molecule has 0 atom stereocenters. The normalized spacial score (nSPS) is 21.6. The molecular formula is C15H19ClFNO4S2. The Morgan fingerprint density at radius 1 is 1.00 bits per heavy atom. The average molecular weight is 396 g/mol. The molecule has 0 amide bonds. The molecule has 1 aromatic carbocycles. The van der Waals surface area contributed by atoms with Gasteiger partial charge in [0.15, 0.2) is 9.84 Å². The van der Waals surface area contributed by atoms with Crippen LogP contribution in [0.5, 0.6) is 0 Å². The minimum Gasteiger partial charge on any atom is -0.228 e. The molecular weight excluding hydrogens is 377 g/mol. The first-order valence-corrected chi connectivity index (χ1v) is 11.3. The minimum absolute atomic E-state index is 0.0455. The van der Waals surface area contributed by atoms with Crippen LogP contribution in [0.15, 0.2) is 23.1 Å². The summed E-state index contributed by atoms with van der Waals surface area (Å²) in [6, 6.07) is 3.18. The maximum atomic E-state index is 13.2. The van der Waals surface area contributed by atoms with Crippen LogP contribution in [0.1, 0.15) is 32.1 Å². The van der Waals surface area contributed by atoms with Crippen molar-refractivity contribution >= 4 is 31.5 Å². The van der Waals surface area contributed by atoms with Crippen molar-refractivity contribution in [1.82, 2.24) is 4.31 Å². The highest BCUT2D eigenvalue weighted by atomic mass is 35.5. The third-order valence-corrected chi connectivity index (χ3v) is 9.57. The van der Waals surface area contributed by atoms with Gasteiger partial charge in [0.2, 0.25) is 10.0 Å². The fourth-order valence-corrected chi connectivity index (χ4v) is 7.56. The van der Waals surface area contributed by atoms with Gasteiger partial charge in [-0.3, -0.25) is 0 Å². The summed E-state index contributed by atoms with van der Waals surface area (Å²) >= 11 is 5.63. The fraction of sp³-hybridized carbons (Fsp3) is 0.600. The highest BCUT2D eigenvalue weighted by Crippen LogP contribution is 2.32. The van der Waals surface area contributed by atoms with Crippen LogP contribution in [-0.4, -0.2) is 44.7 Å². The lowest BCUT2D eigenvalue weighted by molar-refractivity contribution is 0.306. The number of halogens is 2. The van der Waals surface area contributed by atoms with Crippen molar-refractivity contribution in [3.8, 4) is 0 Å². The van der Waals surface area contributed by atoms with Gasteiger partial charge in [-0.15, -0.1) is 0 Å². The lowest BCUT2D eigenvalue weighted by Gasteiger charge is -2.39. The van der Waals surface area contributed by atoms with Crippen molar-refractivity contribution in [2.45, 2.75) is 47.5 Å². The highest BCUT2D eigenvalue weighted by molar-refractivity contribution is 7.93. The summed E-state index contributed by atoms with van der Waals surface area (Å²) in [4.78, 5) is -0.123. The van der Waals surface area contributed by atoms with E-state index in [0.717, 1.165) is 41.8 Å². The third-order valence-electron chi connectivity index (χ3n) is 4.82. The van der Waals surface area contributed by atoms with E-state index in [1.807, 2.05) is 0 Å². The molecule has 2 fully saturated rings. The van der Waals surface area contributed by atoms with Gasteiger partial charge in [0.05, 0.1) is 20.4 Å². The minimum atomic E-state index is -3.85. The molecule has 134 valence electrons. The molecule has 1 aliphatic carbocycles. The molecule has 1 aromatic rings. The quantitative estimate of drug-likeness (QED) is 0.785. The number of sulfonamides is 1. The summed E-state index contributed by atoms with van der Waals surface area (Å²) < 4.78 is 64.4. The Kier molecular flexibility index (Phi) is 4.94. The zero-order valence-corrected chi connectivity index (χ0v) is 15.4. The van der Waals surface area contributed by atoms with Gasteiger partial charge in [0, 0.05) is 13.1 Å². The molecule has 0 aromatic heterocycles. The van der Waals surface area contributed by atoms with Gasteiger partial charge >= 0.3 is 0 Å². The summed E-state index contributed by atoms with van der Waals surface area (Å²) in [6.07, 6.45) is 4.21. The van der Waals surface area contributed by atoms with Crippen molar-refractivity contribution in [3.63, 3.8) is 0 Å². The molecule has 0 bridgehead atoms. The van der Waals surface area contributed by atoms with E-state index in [4.69, 9.17) is 11.6 Å². The predicted molar refractivity (Wildman–Crippen MR) is 89.7 cm³/mol. The summed E-state index contributed by atoms with van der Waals surface area (Å²) in [5.41, 5.74) is 0. The topological polar surface area (TPSA) is 71.5 Å².